The molecule has 0 unspecified atom stereocenters. The molecule has 0 aliphatic carbocycles. The van der Waals surface area contributed by atoms with Crippen LogP contribution in [-0.2, 0) is 25.5 Å². The monoisotopic (exact) mass is 346 g/mol. The number of amides is 2. The highest BCUT2D eigenvalue weighted by Crippen LogP contribution is 2.12. The minimum atomic E-state index is -0.916. The van der Waals surface area contributed by atoms with Gasteiger partial charge in [-0.1, -0.05) is 25.5 Å². The van der Waals surface area contributed by atoms with Crippen molar-refractivity contribution in [2.24, 2.45) is 0 Å². The molecule has 2 amide bonds. The number of nitrogens with one attached hydrogen (secondary N) is 1. The van der Waals surface area contributed by atoms with Crippen molar-refractivity contribution in [3.8, 4) is 0 Å². The summed E-state index contributed by atoms with van der Waals surface area (Å²) >= 11 is 0. The van der Waals surface area contributed by atoms with Crippen LogP contribution in [0.5, 0.6) is 0 Å². The number of likely N-dealkylation sites (tertiary alicyclic amines) is 1. The quantitative estimate of drug-likeness (QED) is 0.803. The molecule has 0 saturated carbocycles. The summed E-state index contributed by atoms with van der Waals surface area (Å²) in [4.78, 5) is 37.6. The average Bonchev–Trinajstić information content (AvgIpc) is 2.80. The Morgan fingerprint density at radius 1 is 1.20 bits per heavy atom. The first kappa shape index (κ1) is 19.0. The molecule has 1 aliphatic rings. The van der Waals surface area contributed by atoms with Gasteiger partial charge in [0, 0.05) is 18.7 Å². The van der Waals surface area contributed by atoms with Gasteiger partial charge in [-0.2, -0.15) is 0 Å². The van der Waals surface area contributed by atoms with Crippen molar-refractivity contribution in [1.29, 1.82) is 0 Å². The van der Waals surface area contributed by atoms with Gasteiger partial charge in [0.05, 0.1) is 0 Å². The Labute approximate surface area is 148 Å². The number of carbonyl (C=O) groups is 3. The summed E-state index contributed by atoms with van der Waals surface area (Å²) in [5, 5.41) is 2.72. The van der Waals surface area contributed by atoms with Crippen LogP contribution in [0.25, 0.3) is 0 Å². The Morgan fingerprint density at radius 3 is 2.60 bits per heavy atom. The molecule has 1 N–H and O–H groups in total. The highest BCUT2D eigenvalue weighted by atomic mass is 16.5. The average molecular weight is 346 g/mol. The van der Waals surface area contributed by atoms with Crippen LogP contribution in [0.1, 0.15) is 45.1 Å². The molecule has 1 aromatic carbocycles. The Kier molecular flexibility index (Phi) is 6.98. The fourth-order valence-electron chi connectivity index (χ4n) is 2.72. The summed E-state index contributed by atoms with van der Waals surface area (Å²) < 4.78 is 5.18. The molecule has 0 radical (unpaired) electrons. The lowest BCUT2D eigenvalue weighted by molar-refractivity contribution is -0.156. The van der Waals surface area contributed by atoms with Gasteiger partial charge in [0.1, 0.15) is 6.54 Å². The molecule has 1 aromatic rings. The zero-order valence-electron chi connectivity index (χ0n) is 14.9. The normalized spacial score (nSPS) is 16.1. The lowest BCUT2D eigenvalue weighted by atomic mass is 10.1. The minimum absolute atomic E-state index is 0.0254. The van der Waals surface area contributed by atoms with Crippen LogP contribution in [0.3, 0.4) is 0 Å². The van der Waals surface area contributed by atoms with Crippen molar-refractivity contribution >= 4 is 23.5 Å². The van der Waals surface area contributed by atoms with Gasteiger partial charge < -0.3 is 15.0 Å². The highest BCUT2D eigenvalue weighted by molar-refractivity contribution is 5.95. The molecule has 6 heteroatoms. The van der Waals surface area contributed by atoms with Gasteiger partial charge in [-0.15, -0.1) is 0 Å². The van der Waals surface area contributed by atoms with Crippen molar-refractivity contribution in [2.45, 2.75) is 52.1 Å². The van der Waals surface area contributed by atoms with Gasteiger partial charge in [0.2, 0.25) is 5.91 Å². The standard InChI is InChI=1S/C19H26N2O4/c1-3-15-8-10-16(11-9-15)20-19(24)14(2)25-18(23)13-21-12-6-4-5-7-17(21)22/h8-11,14H,3-7,12-13H2,1-2H3,(H,20,24)/t14-/m0/s1. The third-order valence-corrected chi connectivity index (χ3v) is 4.30. The number of benzene rings is 1. The number of hydrogen-bond donors (Lipinski definition) is 1. The maximum absolute atomic E-state index is 12.1. The van der Waals surface area contributed by atoms with E-state index in [1.807, 2.05) is 24.3 Å². The van der Waals surface area contributed by atoms with Crippen molar-refractivity contribution in [3.05, 3.63) is 29.8 Å². The molecule has 25 heavy (non-hydrogen) atoms. The van der Waals surface area contributed by atoms with E-state index in [1.54, 1.807) is 0 Å². The number of ether oxygens (including phenoxy) is 1. The Balaban J connectivity index is 1.82. The van der Waals surface area contributed by atoms with Gasteiger partial charge in [-0.05, 0) is 43.9 Å². The molecule has 0 bridgehead atoms. The molecular weight excluding hydrogens is 320 g/mol. The first-order valence-electron chi connectivity index (χ1n) is 8.86. The first-order chi connectivity index (χ1) is 12.0. The number of aryl methyl sites for hydroxylation is 1. The zero-order valence-corrected chi connectivity index (χ0v) is 14.9. The largest absolute Gasteiger partial charge is 0.451 e. The van der Waals surface area contributed by atoms with Gasteiger partial charge in [-0.3, -0.25) is 14.4 Å². The lowest BCUT2D eigenvalue weighted by Gasteiger charge is -2.20. The molecule has 1 saturated heterocycles. The van der Waals surface area contributed by atoms with E-state index in [9.17, 15) is 14.4 Å². The molecule has 0 spiro atoms. The van der Waals surface area contributed by atoms with Gasteiger partial charge in [0.25, 0.3) is 5.91 Å². The highest BCUT2D eigenvalue weighted by Gasteiger charge is 2.23. The number of anilines is 1. The third-order valence-electron chi connectivity index (χ3n) is 4.30. The van der Waals surface area contributed by atoms with E-state index >= 15 is 0 Å². The van der Waals surface area contributed by atoms with E-state index in [0.29, 0.717) is 18.7 Å². The Morgan fingerprint density at radius 2 is 1.92 bits per heavy atom. The fraction of sp³-hybridized carbons (Fsp3) is 0.526. The van der Waals surface area contributed by atoms with Crippen molar-refractivity contribution < 1.29 is 19.1 Å². The summed E-state index contributed by atoms with van der Waals surface area (Å²) in [6.45, 7) is 4.06. The van der Waals surface area contributed by atoms with Gasteiger partial charge in [0.15, 0.2) is 6.10 Å². The van der Waals surface area contributed by atoms with Gasteiger partial charge >= 0.3 is 5.97 Å². The second kappa shape index (κ2) is 9.20. The number of nitrogens with zero attached hydrogens (tertiary/aromatic N) is 1. The van der Waals surface area contributed by atoms with Crippen LogP contribution in [0.4, 0.5) is 5.69 Å². The molecular formula is C19H26N2O4. The molecule has 1 aliphatic heterocycles. The van der Waals surface area contributed by atoms with Crippen molar-refractivity contribution in [1.82, 2.24) is 4.90 Å². The van der Waals surface area contributed by atoms with Crippen molar-refractivity contribution in [3.63, 3.8) is 0 Å². The summed E-state index contributed by atoms with van der Waals surface area (Å²) in [7, 11) is 0. The SMILES string of the molecule is CCc1ccc(NC(=O)[C@H](C)OC(=O)CN2CCCCCC2=O)cc1. The van der Waals surface area contributed by atoms with Crippen molar-refractivity contribution in [2.75, 3.05) is 18.4 Å². The fourth-order valence-corrected chi connectivity index (χ4v) is 2.72. The van der Waals surface area contributed by atoms with E-state index in [2.05, 4.69) is 12.2 Å². The predicted molar refractivity (Wildman–Crippen MR) is 95.1 cm³/mol. The maximum atomic E-state index is 12.1. The second-order valence-corrected chi connectivity index (χ2v) is 6.30. The molecule has 1 atom stereocenters. The molecule has 2 rings (SSSR count). The van der Waals surface area contributed by atoms with Crippen LogP contribution >= 0.6 is 0 Å². The summed E-state index contributed by atoms with van der Waals surface area (Å²) in [5.74, 6) is -0.971. The van der Waals surface area contributed by atoms with Crippen LogP contribution in [0, 0.1) is 0 Å². The molecule has 1 fully saturated rings. The number of hydrogen-bond acceptors (Lipinski definition) is 4. The first-order valence-corrected chi connectivity index (χ1v) is 8.86. The third kappa shape index (κ3) is 5.89. The topological polar surface area (TPSA) is 75.7 Å². The van der Waals surface area contributed by atoms with Crippen LogP contribution < -0.4 is 5.32 Å². The number of rotatable bonds is 6. The lowest BCUT2D eigenvalue weighted by Crippen LogP contribution is -2.38. The molecule has 6 nitrogen and oxygen atoms in total. The van der Waals surface area contributed by atoms with E-state index in [0.717, 1.165) is 25.7 Å². The summed E-state index contributed by atoms with van der Waals surface area (Å²) in [6, 6.07) is 7.52. The zero-order chi connectivity index (χ0) is 18.2. The molecule has 0 aromatic heterocycles. The molecule has 136 valence electrons. The van der Waals surface area contributed by atoms with Gasteiger partial charge in [-0.25, -0.2) is 0 Å². The minimum Gasteiger partial charge on any atom is -0.451 e. The predicted octanol–water partition coefficient (Wildman–Crippen LogP) is 2.52. The summed E-state index contributed by atoms with van der Waals surface area (Å²) in [6.07, 6.45) is 3.23. The van der Waals surface area contributed by atoms with Crippen LogP contribution in [0.15, 0.2) is 24.3 Å². The van der Waals surface area contributed by atoms with E-state index in [1.165, 1.54) is 17.4 Å². The number of esters is 1. The molecule has 1 heterocycles. The second-order valence-electron chi connectivity index (χ2n) is 6.30. The van der Waals surface area contributed by atoms with E-state index < -0.39 is 12.1 Å². The Bertz CT molecular complexity index is 612. The van der Waals surface area contributed by atoms with Crippen LogP contribution in [0.2, 0.25) is 0 Å². The number of carbonyl (C=O) groups excluding carboxylic acids is 3. The van der Waals surface area contributed by atoms with Crippen LogP contribution in [-0.4, -0.2) is 41.9 Å². The Hall–Kier alpha value is -2.37. The summed E-state index contributed by atoms with van der Waals surface area (Å²) in [5.41, 5.74) is 1.84. The smallest absolute Gasteiger partial charge is 0.326 e. The van der Waals surface area contributed by atoms with E-state index in [-0.39, 0.29) is 18.4 Å². The van der Waals surface area contributed by atoms with E-state index in [4.69, 9.17) is 4.74 Å². The maximum Gasteiger partial charge on any atom is 0.326 e.